The van der Waals surface area contributed by atoms with Crippen LogP contribution in [0.1, 0.15) is 86.0 Å². The van der Waals surface area contributed by atoms with Gasteiger partial charge in [-0.25, -0.2) is 0 Å². The second-order valence-corrected chi connectivity index (χ2v) is 9.15. The molecule has 0 spiro atoms. The van der Waals surface area contributed by atoms with Gasteiger partial charge in [0.25, 0.3) is 0 Å². The Labute approximate surface area is 149 Å². The number of hydrogen-bond donors (Lipinski definition) is 1. The van der Waals surface area contributed by atoms with Crippen molar-refractivity contribution < 1.29 is 0 Å². The van der Waals surface area contributed by atoms with Gasteiger partial charge in [0.2, 0.25) is 0 Å². The predicted octanol–water partition coefficient (Wildman–Crippen LogP) is 5.20. The predicted molar refractivity (Wildman–Crippen MR) is 102 cm³/mol. The zero-order valence-electron chi connectivity index (χ0n) is 16.8. The third kappa shape index (κ3) is 6.34. The molecular formula is C20H40N4. The molecule has 0 bridgehead atoms. The highest BCUT2D eigenvalue weighted by Gasteiger charge is 2.47. The van der Waals surface area contributed by atoms with E-state index in [9.17, 15) is 0 Å². The highest BCUT2D eigenvalue weighted by molar-refractivity contribution is 4.98. The van der Waals surface area contributed by atoms with Crippen molar-refractivity contribution >= 4 is 0 Å². The largest absolute Gasteiger partial charge is 0.315 e. The summed E-state index contributed by atoms with van der Waals surface area (Å²) in [4.78, 5) is 0. The Morgan fingerprint density at radius 3 is 2.62 bits per heavy atom. The second kappa shape index (κ2) is 8.64. The van der Waals surface area contributed by atoms with Crippen LogP contribution in [0.15, 0.2) is 10.3 Å². The van der Waals surface area contributed by atoms with E-state index in [4.69, 9.17) is 0 Å². The third-order valence-electron chi connectivity index (χ3n) is 5.96. The van der Waals surface area contributed by atoms with E-state index in [2.05, 4.69) is 55.3 Å². The van der Waals surface area contributed by atoms with Crippen molar-refractivity contribution in [3.63, 3.8) is 0 Å². The summed E-state index contributed by atoms with van der Waals surface area (Å²) in [6.07, 6.45) is 11.0. The Kier molecular flexibility index (Phi) is 7.09. The lowest BCUT2D eigenvalue weighted by atomic mass is 9.95. The first-order chi connectivity index (χ1) is 11.3. The topological polar surface area (TPSA) is 40.0 Å². The molecule has 2 aliphatic rings. The van der Waals surface area contributed by atoms with Gasteiger partial charge in [-0.3, -0.25) is 5.01 Å². The molecule has 1 aliphatic heterocycles. The first kappa shape index (κ1) is 19.7. The van der Waals surface area contributed by atoms with Crippen molar-refractivity contribution in [3.05, 3.63) is 0 Å². The van der Waals surface area contributed by atoms with Crippen LogP contribution < -0.4 is 5.32 Å². The minimum absolute atomic E-state index is 0.0266. The normalized spacial score (nSPS) is 29.2. The van der Waals surface area contributed by atoms with Crippen molar-refractivity contribution in [2.75, 3.05) is 19.6 Å². The molecular weight excluding hydrogens is 296 g/mol. The lowest BCUT2D eigenvalue weighted by Crippen LogP contribution is -2.28. The summed E-state index contributed by atoms with van der Waals surface area (Å²) in [5, 5.41) is 14.2. The lowest BCUT2D eigenvalue weighted by molar-refractivity contribution is 0.281. The molecule has 1 saturated carbocycles. The van der Waals surface area contributed by atoms with Crippen molar-refractivity contribution in [3.8, 4) is 0 Å². The smallest absolute Gasteiger partial charge is 0.0972 e. The molecule has 0 aromatic heterocycles. The lowest BCUT2D eigenvalue weighted by Gasteiger charge is -2.17. The molecule has 1 N–H and O–H groups in total. The van der Waals surface area contributed by atoms with Gasteiger partial charge in [0, 0.05) is 12.6 Å². The van der Waals surface area contributed by atoms with Gasteiger partial charge in [0.05, 0.1) is 12.1 Å². The fraction of sp³-hybridized carbons (Fsp3) is 1.00. The SMILES string of the molecule is CCNC(C)CCCC1CC1(C)CCCCCN1CC(C)(C)N=N1. The molecule has 0 radical (unpaired) electrons. The van der Waals surface area contributed by atoms with Crippen LogP contribution in [0.2, 0.25) is 0 Å². The van der Waals surface area contributed by atoms with Crippen LogP contribution in [0.25, 0.3) is 0 Å². The summed E-state index contributed by atoms with van der Waals surface area (Å²) < 4.78 is 0. The van der Waals surface area contributed by atoms with E-state index in [0.717, 1.165) is 25.6 Å². The van der Waals surface area contributed by atoms with Crippen LogP contribution >= 0.6 is 0 Å². The van der Waals surface area contributed by atoms with Crippen molar-refractivity contribution in [1.82, 2.24) is 10.3 Å². The molecule has 4 heteroatoms. The number of rotatable bonds is 12. The summed E-state index contributed by atoms with van der Waals surface area (Å²) in [6.45, 7) is 14.5. The number of nitrogens with one attached hydrogen (secondary N) is 1. The Hall–Kier alpha value is -0.640. The van der Waals surface area contributed by atoms with Gasteiger partial charge in [0.1, 0.15) is 0 Å². The number of nitrogens with zero attached hydrogens (tertiary/aromatic N) is 3. The van der Waals surface area contributed by atoms with Gasteiger partial charge < -0.3 is 5.32 Å². The van der Waals surface area contributed by atoms with Crippen LogP contribution in [0, 0.1) is 11.3 Å². The maximum absolute atomic E-state index is 4.31. The number of hydrogen-bond acceptors (Lipinski definition) is 4. The maximum Gasteiger partial charge on any atom is 0.0972 e. The summed E-state index contributed by atoms with van der Waals surface area (Å²) >= 11 is 0. The second-order valence-electron chi connectivity index (χ2n) is 9.15. The summed E-state index contributed by atoms with van der Waals surface area (Å²) in [5.41, 5.74) is 0.690. The minimum atomic E-state index is 0.0266. The monoisotopic (exact) mass is 336 g/mol. The molecule has 4 nitrogen and oxygen atoms in total. The summed E-state index contributed by atoms with van der Waals surface area (Å²) in [5.74, 6) is 1.000. The molecule has 1 heterocycles. The fourth-order valence-corrected chi connectivity index (χ4v) is 4.20. The van der Waals surface area contributed by atoms with E-state index in [1.807, 2.05) is 0 Å². The van der Waals surface area contributed by atoms with Crippen LogP contribution in [0.4, 0.5) is 0 Å². The molecule has 0 aromatic rings. The van der Waals surface area contributed by atoms with E-state index >= 15 is 0 Å². The standard InChI is InChI=1S/C20H40N4/c1-6-21-17(2)11-10-12-18-15-20(18,5)13-8-7-9-14-24-16-19(3,4)22-23-24/h17-18,21H,6-16H2,1-5H3. The van der Waals surface area contributed by atoms with Gasteiger partial charge >= 0.3 is 0 Å². The average Bonchev–Trinajstić information content (AvgIpc) is 3.00. The first-order valence-corrected chi connectivity index (χ1v) is 10.3. The zero-order valence-corrected chi connectivity index (χ0v) is 16.8. The van der Waals surface area contributed by atoms with Crippen molar-refractivity contribution in [2.45, 2.75) is 97.6 Å². The van der Waals surface area contributed by atoms with Gasteiger partial charge in [-0.2, -0.15) is 5.11 Å². The highest BCUT2D eigenvalue weighted by atomic mass is 15.6. The molecule has 2 rings (SSSR count). The zero-order chi connectivity index (χ0) is 17.6. The van der Waals surface area contributed by atoms with Gasteiger partial charge in [0.15, 0.2) is 0 Å². The van der Waals surface area contributed by atoms with Crippen LogP contribution in [-0.2, 0) is 0 Å². The molecule has 1 fully saturated rings. The van der Waals surface area contributed by atoms with E-state index in [1.54, 1.807) is 0 Å². The molecule has 0 amide bonds. The Bertz CT molecular complexity index is 406. The molecule has 140 valence electrons. The maximum atomic E-state index is 4.31. The Morgan fingerprint density at radius 1 is 1.17 bits per heavy atom. The van der Waals surface area contributed by atoms with Crippen LogP contribution in [0.3, 0.4) is 0 Å². The fourth-order valence-electron chi connectivity index (χ4n) is 4.20. The van der Waals surface area contributed by atoms with Crippen LogP contribution in [0.5, 0.6) is 0 Å². The quantitative estimate of drug-likeness (QED) is 0.497. The molecule has 0 aromatic carbocycles. The van der Waals surface area contributed by atoms with Crippen molar-refractivity contribution in [2.24, 2.45) is 21.7 Å². The van der Waals surface area contributed by atoms with E-state index in [0.29, 0.717) is 11.5 Å². The highest BCUT2D eigenvalue weighted by Crippen LogP contribution is 2.58. The third-order valence-corrected chi connectivity index (χ3v) is 5.96. The van der Waals surface area contributed by atoms with Crippen molar-refractivity contribution in [1.29, 1.82) is 0 Å². The Morgan fingerprint density at radius 2 is 1.96 bits per heavy atom. The molecule has 3 unspecified atom stereocenters. The summed E-state index contributed by atoms with van der Waals surface area (Å²) in [6, 6.07) is 0.688. The minimum Gasteiger partial charge on any atom is -0.315 e. The first-order valence-electron chi connectivity index (χ1n) is 10.3. The molecule has 0 saturated heterocycles. The molecule has 1 aliphatic carbocycles. The van der Waals surface area contributed by atoms with Gasteiger partial charge in [-0.1, -0.05) is 38.3 Å². The van der Waals surface area contributed by atoms with Gasteiger partial charge in [-0.05, 0) is 70.8 Å². The summed E-state index contributed by atoms with van der Waals surface area (Å²) in [7, 11) is 0. The Balaban J connectivity index is 1.47. The number of unbranched alkanes of at least 4 members (excludes halogenated alkanes) is 2. The van der Waals surface area contributed by atoms with Gasteiger partial charge in [-0.15, -0.1) is 0 Å². The average molecular weight is 337 g/mol. The van der Waals surface area contributed by atoms with E-state index in [1.165, 1.54) is 51.4 Å². The molecule has 3 atom stereocenters. The van der Waals surface area contributed by atoms with Crippen LogP contribution in [-0.4, -0.2) is 36.2 Å². The molecule has 24 heavy (non-hydrogen) atoms. The van der Waals surface area contributed by atoms with E-state index in [-0.39, 0.29) is 5.54 Å². The van der Waals surface area contributed by atoms with E-state index < -0.39 is 0 Å².